The first-order chi connectivity index (χ1) is 14.1. The number of hydrogen-bond acceptors (Lipinski definition) is 7. The normalized spacial score (nSPS) is 13.5. The highest BCUT2D eigenvalue weighted by Gasteiger charge is 2.34. The van der Waals surface area contributed by atoms with Crippen LogP contribution in [-0.2, 0) is 14.3 Å². The molecule has 2 aromatic rings. The molecule has 1 amide bonds. The van der Waals surface area contributed by atoms with Crippen LogP contribution in [0.4, 0.5) is 5.69 Å². The van der Waals surface area contributed by atoms with E-state index in [4.69, 9.17) is 14.2 Å². The molecule has 1 heterocycles. The number of aliphatic hydroxyl groups excluding tert-OH is 1. The van der Waals surface area contributed by atoms with Gasteiger partial charge in [0.05, 0.1) is 38.6 Å². The second kappa shape index (κ2) is 9.11. The minimum absolute atomic E-state index is 0.0525. The Hall–Kier alpha value is -3.52. The predicted octanol–water partition coefficient (Wildman–Crippen LogP) is 2.16. The fraction of sp³-hybridized carbons (Fsp3) is 0.238. The predicted molar refractivity (Wildman–Crippen MR) is 106 cm³/mol. The van der Waals surface area contributed by atoms with Crippen LogP contribution < -0.4 is 14.8 Å². The molecule has 0 saturated carbocycles. The van der Waals surface area contributed by atoms with Gasteiger partial charge in [-0.25, -0.2) is 4.79 Å². The van der Waals surface area contributed by atoms with Gasteiger partial charge in [-0.3, -0.25) is 4.79 Å². The number of rotatable bonds is 8. The standard InChI is InChI=1S/C21H22N2O6/c1-27-18-9-8-15(29-14-6-4-3-5-7-14)12-17(18)22-19-16(21(26)28-2)13-23(10-11-24)20(19)25/h3-9,12,22,24H,10-11,13H2,1-2H3. The van der Waals surface area contributed by atoms with Crippen molar-refractivity contribution < 1.29 is 28.9 Å². The zero-order chi connectivity index (χ0) is 20.8. The van der Waals surface area contributed by atoms with E-state index in [1.54, 1.807) is 18.2 Å². The molecule has 2 aromatic carbocycles. The van der Waals surface area contributed by atoms with Crippen LogP contribution in [0.3, 0.4) is 0 Å². The highest BCUT2D eigenvalue weighted by Crippen LogP contribution is 2.34. The molecule has 0 aromatic heterocycles. The molecule has 1 aliphatic heterocycles. The number of methoxy groups -OCH3 is 2. The van der Waals surface area contributed by atoms with Crippen molar-refractivity contribution in [1.82, 2.24) is 4.90 Å². The lowest BCUT2D eigenvalue weighted by Crippen LogP contribution is -2.31. The van der Waals surface area contributed by atoms with Crippen LogP contribution in [0.1, 0.15) is 0 Å². The molecular weight excluding hydrogens is 376 g/mol. The molecule has 0 spiro atoms. The average molecular weight is 398 g/mol. The van der Waals surface area contributed by atoms with E-state index in [2.05, 4.69) is 5.32 Å². The van der Waals surface area contributed by atoms with E-state index >= 15 is 0 Å². The van der Waals surface area contributed by atoms with Crippen molar-refractivity contribution >= 4 is 17.6 Å². The molecule has 0 atom stereocenters. The summed E-state index contributed by atoms with van der Waals surface area (Å²) in [6.45, 7) is -0.0487. The third kappa shape index (κ3) is 4.49. The van der Waals surface area contributed by atoms with Gasteiger partial charge in [0, 0.05) is 12.6 Å². The number of esters is 1. The van der Waals surface area contributed by atoms with Crippen molar-refractivity contribution in [3.8, 4) is 17.2 Å². The molecule has 0 aliphatic carbocycles. The summed E-state index contributed by atoms with van der Waals surface area (Å²) in [5, 5.41) is 12.2. The van der Waals surface area contributed by atoms with Gasteiger partial charge in [0.1, 0.15) is 22.9 Å². The Labute approximate surface area is 168 Å². The molecule has 152 valence electrons. The number of amides is 1. The Morgan fingerprint density at radius 1 is 1.14 bits per heavy atom. The van der Waals surface area contributed by atoms with Gasteiger partial charge in [-0.1, -0.05) is 18.2 Å². The number of nitrogens with one attached hydrogen (secondary N) is 1. The zero-order valence-electron chi connectivity index (χ0n) is 16.2. The van der Waals surface area contributed by atoms with Crippen molar-refractivity contribution in [3.63, 3.8) is 0 Å². The van der Waals surface area contributed by atoms with Crippen molar-refractivity contribution in [3.05, 3.63) is 59.8 Å². The second-order valence-corrected chi connectivity index (χ2v) is 6.20. The minimum Gasteiger partial charge on any atom is -0.495 e. The van der Waals surface area contributed by atoms with Crippen molar-refractivity contribution in [2.75, 3.05) is 39.2 Å². The Balaban J connectivity index is 1.92. The van der Waals surface area contributed by atoms with Gasteiger partial charge in [0.15, 0.2) is 0 Å². The third-order valence-electron chi connectivity index (χ3n) is 4.36. The molecule has 2 N–H and O–H groups in total. The van der Waals surface area contributed by atoms with Gasteiger partial charge in [0.2, 0.25) is 0 Å². The van der Waals surface area contributed by atoms with Crippen LogP contribution in [0, 0.1) is 0 Å². The van der Waals surface area contributed by atoms with E-state index in [0.29, 0.717) is 22.9 Å². The van der Waals surface area contributed by atoms with Crippen LogP contribution in [0.25, 0.3) is 0 Å². The van der Waals surface area contributed by atoms with Crippen LogP contribution >= 0.6 is 0 Å². The van der Waals surface area contributed by atoms with E-state index < -0.39 is 11.9 Å². The first kappa shape index (κ1) is 20.2. The summed E-state index contributed by atoms with van der Waals surface area (Å²) in [6.07, 6.45) is 0. The number of nitrogens with zero attached hydrogens (tertiary/aromatic N) is 1. The number of hydrogen-bond donors (Lipinski definition) is 2. The fourth-order valence-electron chi connectivity index (χ4n) is 2.96. The molecule has 0 unspecified atom stereocenters. The molecule has 8 heteroatoms. The molecule has 3 rings (SSSR count). The number of carbonyl (C=O) groups is 2. The smallest absolute Gasteiger partial charge is 0.337 e. The molecule has 0 saturated heterocycles. The fourth-order valence-corrected chi connectivity index (χ4v) is 2.96. The number of aliphatic hydroxyl groups is 1. The second-order valence-electron chi connectivity index (χ2n) is 6.20. The number of ether oxygens (including phenoxy) is 3. The summed E-state index contributed by atoms with van der Waals surface area (Å²) in [6, 6.07) is 14.4. The highest BCUT2D eigenvalue weighted by atomic mass is 16.5. The SMILES string of the molecule is COC(=O)C1=C(Nc2cc(Oc3ccccc3)ccc2OC)C(=O)N(CCO)C1. The Bertz CT molecular complexity index is 926. The van der Waals surface area contributed by atoms with Crippen molar-refractivity contribution in [2.24, 2.45) is 0 Å². The maximum Gasteiger partial charge on any atom is 0.337 e. The molecule has 1 aliphatic rings. The number of benzene rings is 2. The van der Waals surface area contributed by atoms with Gasteiger partial charge in [0.25, 0.3) is 5.91 Å². The number of para-hydroxylation sites is 1. The highest BCUT2D eigenvalue weighted by molar-refractivity contribution is 6.08. The van der Waals surface area contributed by atoms with Gasteiger partial charge >= 0.3 is 5.97 Å². The average Bonchev–Trinajstić information content (AvgIpc) is 3.04. The Kier molecular flexibility index (Phi) is 6.36. The van der Waals surface area contributed by atoms with E-state index in [-0.39, 0.29) is 31.0 Å². The van der Waals surface area contributed by atoms with Crippen LogP contribution in [0.15, 0.2) is 59.8 Å². The van der Waals surface area contributed by atoms with Crippen LogP contribution in [0.2, 0.25) is 0 Å². The quantitative estimate of drug-likeness (QED) is 0.658. The summed E-state index contributed by atoms with van der Waals surface area (Å²) in [5.74, 6) is 0.630. The van der Waals surface area contributed by atoms with E-state index in [1.807, 2.05) is 30.3 Å². The molecule has 0 fully saturated rings. The number of carbonyl (C=O) groups excluding carboxylic acids is 2. The van der Waals surface area contributed by atoms with E-state index in [0.717, 1.165) is 0 Å². The van der Waals surface area contributed by atoms with E-state index in [1.165, 1.54) is 19.1 Å². The van der Waals surface area contributed by atoms with Crippen molar-refractivity contribution in [1.29, 1.82) is 0 Å². The Morgan fingerprint density at radius 2 is 1.90 bits per heavy atom. The lowest BCUT2D eigenvalue weighted by atomic mass is 10.2. The molecule has 29 heavy (non-hydrogen) atoms. The third-order valence-corrected chi connectivity index (χ3v) is 4.36. The zero-order valence-corrected chi connectivity index (χ0v) is 16.2. The number of β-amino-alcohol motifs (C(OH)–C–C–N with tert-alkyl or cyclic N) is 1. The van der Waals surface area contributed by atoms with Gasteiger partial charge in [-0.2, -0.15) is 0 Å². The summed E-state index contributed by atoms with van der Waals surface area (Å²) < 4.78 is 16.0. The molecule has 0 bridgehead atoms. The largest absolute Gasteiger partial charge is 0.495 e. The topological polar surface area (TPSA) is 97.3 Å². The maximum atomic E-state index is 12.7. The number of anilines is 1. The van der Waals surface area contributed by atoms with E-state index in [9.17, 15) is 14.7 Å². The van der Waals surface area contributed by atoms with Crippen LogP contribution in [-0.4, -0.2) is 55.8 Å². The molecular formula is C21H22N2O6. The summed E-state index contributed by atoms with van der Waals surface area (Å²) in [4.78, 5) is 26.2. The van der Waals surface area contributed by atoms with Gasteiger partial charge < -0.3 is 29.5 Å². The van der Waals surface area contributed by atoms with Crippen LogP contribution in [0.5, 0.6) is 17.2 Å². The Morgan fingerprint density at radius 3 is 2.55 bits per heavy atom. The maximum absolute atomic E-state index is 12.7. The monoisotopic (exact) mass is 398 g/mol. The first-order valence-electron chi connectivity index (χ1n) is 8.97. The molecule has 8 nitrogen and oxygen atoms in total. The lowest BCUT2D eigenvalue weighted by Gasteiger charge is -2.16. The summed E-state index contributed by atoms with van der Waals surface area (Å²) in [7, 11) is 2.75. The summed E-state index contributed by atoms with van der Waals surface area (Å²) in [5.41, 5.74) is 0.722. The summed E-state index contributed by atoms with van der Waals surface area (Å²) >= 11 is 0. The lowest BCUT2D eigenvalue weighted by molar-refractivity contribution is -0.136. The minimum atomic E-state index is -0.614. The first-order valence-corrected chi connectivity index (χ1v) is 8.97. The van der Waals surface area contributed by atoms with Gasteiger partial charge in [-0.15, -0.1) is 0 Å². The van der Waals surface area contributed by atoms with Gasteiger partial charge in [-0.05, 0) is 24.3 Å². The molecule has 0 radical (unpaired) electrons. The van der Waals surface area contributed by atoms with Crippen molar-refractivity contribution in [2.45, 2.75) is 0 Å².